The zero-order valence-corrected chi connectivity index (χ0v) is 10.7. The smallest absolute Gasteiger partial charge is 0.245 e. The molecule has 1 N–H and O–H groups in total. The third kappa shape index (κ3) is 3.58. The lowest BCUT2D eigenvalue weighted by molar-refractivity contribution is -0.135. The lowest BCUT2D eigenvalue weighted by Crippen LogP contribution is -2.47. The van der Waals surface area contributed by atoms with Gasteiger partial charge >= 0.3 is 0 Å². The van der Waals surface area contributed by atoms with Crippen LogP contribution in [0.2, 0.25) is 0 Å². The summed E-state index contributed by atoms with van der Waals surface area (Å²) in [5, 5.41) is 2.80. The molecule has 2 amide bonds. The first kappa shape index (κ1) is 13.7. The minimum absolute atomic E-state index is 0.0231. The Balaban J connectivity index is 2.78. The van der Waals surface area contributed by atoms with E-state index in [9.17, 15) is 9.59 Å². The first-order chi connectivity index (χ1) is 8.10. The van der Waals surface area contributed by atoms with E-state index in [2.05, 4.69) is 11.9 Å². The molecule has 1 fully saturated rings. The number of hydrogen-bond donors (Lipinski definition) is 1. The molecule has 0 radical (unpaired) electrons. The molecule has 0 spiro atoms. The maximum Gasteiger partial charge on any atom is 0.245 e. The molecular formula is C13H22N2O2. The molecule has 2 unspecified atom stereocenters. The molecule has 1 aliphatic heterocycles. The van der Waals surface area contributed by atoms with Gasteiger partial charge in [0.25, 0.3) is 0 Å². The molecule has 1 rings (SSSR count). The number of nitrogens with one attached hydrogen (secondary N) is 1. The molecule has 2 atom stereocenters. The molecule has 96 valence electrons. The molecule has 1 aliphatic rings. The van der Waals surface area contributed by atoms with E-state index in [1.165, 1.54) is 0 Å². The van der Waals surface area contributed by atoms with Crippen LogP contribution in [0, 0.1) is 0 Å². The molecule has 4 nitrogen and oxygen atoms in total. The lowest BCUT2D eigenvalue weighted by atomic mass is 10.1. The van der Waals surface area contributed by atoms with Crippen molar-refractivity contribution in [1.29, 1.82) is 0 Å². The Morgan fingerprint density at radius 2 is 2.29 bits per heavy atom. The highest BCUT2D eigenvalue weighted by Gasteiger charge is 2.31. The largest absolute Gasteiger partial charge is 0.344 e. The molecule has 0 aliphatic carbocycles. The molecule has 0 saturated carbocycles. The summed E-state index contributed by atoms with van der Waals surface area (Å²) in [7, 11) is 0. The third-order valence-electron chi connectivity index (χ3n) is 3.11. The molecule has 1 saturated heterocycles. The highest BCUT2D eigenvalue weighted by molar-refractivity contribution is 5.90. The molecular weight excluding hydrogens is 216 g/mol. The van der Waals surface area contributed by atoms with Crippen molar-refractivity contribution in [1.82, 2.24) is 10.2 Å². The second-order valence-electron chi connectivity index (χ2n) is 4.56. The minimum Gasteiger partial charge on any atom is -0.344 e. The number of carbonyl (C=O) groups excluding carboxylic acids is 2. The fourth-order valence-electron chi connectivity index (χ4n) is 2.15. The van der Waals surface area contributed by atoms with Crippen LogP contribution in [0.25, 0.3) is 0 Å². The van der Waals surface area contributed by atoms with E-state index >= 15 is 0 Å². The minimum atomic E-state index is -0.345. The van der Waals surface area contributed by atoms with Gasteiger partial charge in [-0.3, -0.25) is 9.59 Å². The summed E-state index contributed by atoms with van der Waals surface area (Å²) < 4.78 is 0. The highest BCUT2D eigenvalue weighted by atomic mass is 16.2. The van der Waals surface area contributed by atoms with Gasteiger partial charge in [0.05, 0.1) is 0 Å². The van der Waals surface area contributed by atoms with E-state index in [1.807, 2.05) is 19.9 Å². The zero-order chi connectivity index (χ0) is 12.8. The fraction of sp³-hybridized carbons (Fsp3) is 0.692. The van der Waals surface area contributed by atoms with E-state index in [1.54, 1.807) is 4.90 Å². The summed E-state index contributed by atoms with van der Waals surface area (Å²) in [6.45, 7) is 8.22. The van der Waals surface area contributed by atoms with Gasteiger partial charge in [0, 0.05) is 19.0 Å². The van der Waals surface area contributed by atoms with Crippen LogP contribution in [0.5, 0.6) is 0 Å². The van der Waals surface area contributed by atoms with Gasteiger partial charge in [-0.25, -0.2) is 0 Å². The second kappa shape index (κ2) is 6.42. The predicted octanol–water partition coefficient (Wildman–Crippen LogP) is 1.47. The van der Waals surface area contributed by atoms with Crippen molar-refractivity contribution in [3.8, 4) is 0 Å². The second-order valence-corrected chi connectivity index (χ2v) is 4.56. The molecule has 0 aromatic rings. The molecule has 0 aromatic carbocycles. The number of hydrogen-bond acceptors (Lipinski definition) is 2. The van der Waals surface area contributed by atoms with Crippen molar-refractivity contribution in [2.75, 3.05) is 6.54 Å². The fourth-order valence-corrected chi connectivity index (χ4v) is 2.15. The van der Waals surface area contributed by atoms with E-state index in [-0.39, 0.29) is 23.9 Å². The Morgan fingerprint density at radius 1 is 1.59 bits per heavy atom. The number of rotatable bonds is 5. The van der Waals surface area contributed by atoms with Crippen molar-refractivity contribution in [3.05, 3.63) is 12.7 Å². The van der Waals surface area contributed by atoms with Crippen molar-refractivity contribution < 1.29 is 9.59 Å². The summed E-state index contributed by atoms with van der Waals surface area (Å²) in [6, 6.07) is -0.227. The predicted molar refractivity (Wildman–Crippen MR) is 67.4 cm³/mol. The first-order valence-electron chi connectivity index (χ1n) is 6.30. The van der Waals surface area contributed by atoms with E-state index in [0.717, 1.165) is 12.8 Å². The van der Waals surface area contributed by atoms with Gasteiger partial charge in [-0.15, -0.1) is 6.58 Å². The van der Waals surface area contributed by atoms with Crippen molar-refractivity contribution >= 4 is 11.8 Å². The number of amides is 2. The Morgan fingerprint density at radius 3 is 2.88 bits per heavy atom. The average molecular weight is 238 g/mol. The van der Waals surface area contributed by atoms with Gasteiger partial charge in [0.1, 0.15) is 6.04 Å². The van der Waals surface area contributed by atoms with Crippen LogP contribution in [-0.4, -0.2) is 35.3 Å². The van der Waals surface area contributed by atoms with Crippen molar-refractivity contribution in [2.45, 2.75) is 51.6 Å². The Labute approximate surface area is 103 Å². The van der Waals surface area contributed by atoms with Crippen LogP contribution in [-0.2, 0) is 9.59 Å². The number of nitrogens with zero attached hydrogens (tertiary/aromatic N) is 1. The van der Waals surface area contributed by atoms with E-state index in [4.69, 9.17) is 0 Å². The van der Waals surface area contributed by atoms with Crippen molar-refractivity contribution in [3.63, 3.8) is 0 Å². The summed E-state index contributed by atoms with van der Waals surface area (Å²) in [4.78, 5) is 25.6. The van der Waals surface area contributed by atoms with Crippen LogP contribution in [0.3, 0.4) is 0 Å². The van der Waals surface area contributed by atoms with Gasteiger partial charge in [-0.2, -0.15) is 0 Å². The van der Waals surface area contributed by atoms with Gasteiger partial charge in [-0.1, -0.05) is 19.4 Å². The quantitative estimate of drug-likeness (QED) is 0.737. The Kier molecular flexibility index (Phi) is 5.19. The summed E-state index contributed by atoms with van der Waals surface area (Å²) in [5.41, 5.74) is 0. The van der Waals surface area contributed by atoms with Crippen LogP contribution in [0.1, 0.15) is 39.5 Å². The van der Waals surface area contributed by atoms with Gasteiger partial charge in [0.2, 0.25) is 11.8 Å². The summed E-state index contributed by atoms with van der Waals surface area (Å²) in [6.07, 6.45) is 4.57. The molecule has 17 heavy (non-hydrogen) atoms. The number of carbonyl (C=O) groups is 2. The van der Waals surface area contributed by atoms with Gasteiger partial charge in [-0.05, 0) is 19.8 Å². The van der Waals surface area contributed by atoms with Crippen LogP contribution < -0.4 is 5.32 Å². The van der Waals surface area contributed by atoms with Crippen LogP contribution in [0.4, 0.5) is 0 Å². The summed E-state index contributed by atoms with van der Waals surface area (Å²) >= 11 is 0. The first-order valence-corrected chi connectivity index (χ1v) is 6.30. The zero-order valence-electron chi connectivity index (χ0n) is 10.7. The molecule has 0 bridgehead atoms. The maximum atomic E-state index is 12.3. The van der Waals surface area contributed by atoms with Crippen LogP contribution in [0.15, 0.2) is 12.7 Å². The molecule has 0 aromatic heterocycles. The molecule has 4 heteroatoms. The molecule has 1 heterocycles. The standard InChI is InChI=1S/C13H22N2O2/c1-4-6-10(3)15-9-8-12(16)14-11(7-5-2)13(15)17/h4,10-11H,1,5-9H2,2-3H3,(H,14,16). The van der Waals surface area contributed by atoms with Crippen molar-refractivity contribution in [2.24, 2.45) is 0 Å². The lowest BCUT2D eigenvalue weighted by Gasteiger charge is -2.29. The van der Waals surface area contributed by atoms with Crippen LogP contribution >= 0.6 is 0 Å². The van der Waals surface area contributed by atoms with Gasteiger partial charge < -0.3 is 10.2 Å². The monoisotopic (exact) mass is 238 g/mol. The average Bonchev–Trinajstić information content (AvgIpc) is 2.41. The normalized spacial score (nSPS) is 22.9. The van der Waals surface area contributed by atoms with Gasteiger partial charge in [0.15, 0.2) is 0 Å². The highest BCUT2D eigenvalue weighted by Crippen LogP contribution is 2.13. The van der Waals surface area contributed by atoms with E-state index in [0.29, 0.717) is 19.4 Å². The third-order valence-corrected chi connectivity index (χ3v) is 3.11. The maximum absolute atomic E-state index is 12.3. The summed E-state index contributed by atoms with van der Waals surface area (Å²) in [5.74, 6) is 0.0251. The Bertz CT molecular complexity index is 302. The SMILES string of the molecule is C=CCC(C)N1CCC(=O)NC(CCC)C1=O. The Hall–Kier alpha value is -1.32. The topological polar surface area (TPSA) is 49.4 Å². The van der Waals surface area contributed by atoms with E-state index < -0.39 is 0 Å².